The zero-order chi connectivity index (χ0) is 13.5. The molecule has 18 heavy (non-hydrogen) atoms. The molecule has 1 rings (SSSR count). The first kappa shape index (κ1) is 16.5. The average molecular weight is 301 g/mol. The van der Waals surface area contributed by atoms with Gasteiger partial charge in [-0.3, -0.25) is 0 Å². The van der Waals surface area contributed by atoms with Crippen molar-refractivity contribution in [2.75, 3.05) is 40.3 Å². The Bertz CT molecular complexity index is 213. The number of alkyl halides is 1. The van der Waals surface area contributed by atoms with Crippen molar-refractivity contribution in [1.82, 2.24) is 0 Å². The number of methoxy groups -OCH3 is 4. The van der Waals surface area contributed by atoms with E-state index >= 15 is 0 Å². The van der Waals surface area contributed by atoms with Gasteiger partial charge in [0.05, 0.1) is 11.8 Å². The molecular formula is C11H21ClO5S. The lowest BCUT2D eigenvalue weighted by Crippen LogP contribution is -2.59. The van der Waals surface area contributed by atoms with Crippen LogP contribution in [0.25, 0.3) is 0 Å². The van der Waals surface area contributed by atoms with E-state index in [-0.39, 0.29) is 29.9 Å². The van der Waals surface area contributed by atoms with Gasteiger partial charge in [0.2, 0.25) is 0 Å². The van der Waals surface area contributed by atoms with Crippen LogP contribution in [0.4, 0.5) is 0 Å². The third-order valence-corrected chi connectivity index (χ3v) is 4.18. The smallest absolute Gasteiger partial charge is 0.133 e. The lowest BCUT2D eigenvalue weighted by molar-refractivity contribution is -0.228. The molecule has 0 N–H and O–H groups in total. The summed E-state index contributed by atoms with van der Waals surface area (Å²) in [6.07, 6.45) is -0.865. The van der Waals surface area contributed by atoms with E-state index in [2.05, 4.69) is 0 Å². The molecule has 0 aromatic carbocycles. The molecule has 1 heterocycles. The van der Waals surface area contributed by atoms with Crippen molar-refractivity contribution in [2.45, 2.75) is 29.9 Å². The minimum atomic E-state index is -0.230. The number of hydrogen-bond donors (Lipinski definition) is 0. The van der Waals surface area contributed by atoms with E-state index in [4.69, 9.17) is 35.3 Å². The monoisotopic (exact) mass is 300 g/mol. The van der Waals surface area contributed by atoms with Crippen LogP contribution in [0, 0.1) is 0 Å². The quantitative estimate of drug-likeness (QED) is 0.661. The van der Waals surface area contributed by atoms with Gasteiger partial charge in [-0.2, -0.15) is 0 Å². The van der Waals surface area contributed by atoms with E-state index in [0.717, 1.165) is 0 Å². The summed E-state index contributed by atoms with van der Waals surface area (Å²) in [6.45, 7) is 0.439. The van der Waals surface area contributed by atoms with Gasteiger partial charge in [-0.05, 0) is 0 Å². The number of halogens is 1. The van der Waals surface area contributed by atoms with Gasteiger partial charge in [-0.1, -0.05) is 0 Å². The van der Waals surface area contributed by atoms with Gasteiger partial charge in [0.25, 0.3) is 0 Å². The van der Waals surface area contributed by atoms with Crippen molar-refractivity contribution < 1.29 is 23.7 Å². The van der Waals surface area contributed by atoms with Crippen LogP contribution in [0.1, 0.15) is 0 Å². The van der Waals surface area contributed by atoms with Crippen molar-refractivity contribution in [1.29, 1.82) is 0 Å². The summed E-state index contributed by atoms with van der Waals surface area (Å²) in [7, 11) is 6.53. The van der Waals surface area contributed by atoms with Gasteiger partial charge in [-0.15, -0.1) is 23.4 Å². The maximum absolute atomic E-state index is 5.93. The van der Waals surface area contributed by atoms with Gasteiger partial charge in [0.15, 0.2) is 0 Å². The first-order valence-electron chi connectivity index (χ1n) is 5.63. The van der Waals surface area contributed by atoms with Crippen molar-refractivity contribution in [3.05, 3.63) is 0 Å². The maximum atomic E-state index is 5.93. The van der Waals surface area contributed by atoms with E-state index in [1.54, 1.807) is 28.4 Å². The van der Waals surface area contributed by atoms with Crippen molar-refractivity contribution in [2.24, 2.45) is 0 Å². The Morgan fingerprint density at radius 3 is 2.06 bits per heavy atom. The summed E-state index contributed by atoms with van der Waals surface area (Å²) in [5.74, 6) is 0. The number of hydrogen-bond acceptors (Lipinski definition) is 6. The topological polar surface area (TPSA) is 46.2 Å². The van der Waals surface area contributed by atoms with Crippen LogP contribution < -0.4 is 0 Å². The van der Waals surface area contributed by atoms with Crippen LogP contribution in [0.5, 0.6) is 0 Å². The lowest BCUT2D eigenvalue weighted by atomic mass is 9.99. The van der Waals surface area contributed by atoms with Crippen LogP contribution in [-0.4, -0.2) is 70.1 Å². The molecule has 0 bridgehead atoms. The van der Waals surface area contributed by atoms with Gasteiger partial charge in [0, 0.05) is 28.4 Å². The van der Waals surface area contributed by atoms with Crippen LogP contribution in [-0.2, 0) is 23.7 Å². The molecule has 0 radical (unpaired) electrons. The lowest BCUT2D eigenvalue weighted by Gasteiger charge is -2.44. The van der Waals surface area contributed by atoms with Crippen LogP contribution in [0.3, 0.4) is 0 Å². The summed E-state index contributed by atoms with van der Waals surface area (Å²) in [5, 5.41) is 0.429. The molecule has 0 aromatic heterocycles. The van der Waals surface area contributed by atoms with Gasteiger partial charge < -0.3 is 23.7 Å². The van der Waals surface area contributed by atoms with E-state index in [1.165, 1.54) is 11.8 Å². The molecule has 1 saturated heterocycles. The summed E-state index contributed by atoms with van der Waals surface area (Å²) in [4.78, 5) is 0. The number of ether oxygens (including phenoxy) is 5. The fourth-order valence-electron chi connectivity index (χ4n) is 2.17. The van der Waals surface area contributed by atoms with Crippen LogP contribution in [0.2, 0.25) is 0 Å². The van der Waals surface area contributed by atoms with Gasteiger partial charge >= 0.3 is 0 Å². The molecule has 1 fully saturated rings. The highest BCUT2D eigenvalue weighted by Crippen LogP contribution is 2.33. The highest BCUT2D eigenvalue weighted by Gasteiger charge is 2.47. The molecule has 0 amide bonds. The van der Waals surface area contributed by atoms with Gasteiger partial charge in [-0.25, -0.2) is 0 Å². The standard InChI is InChI=1S/C11H21ClO5S/c1-13-5-7-8(14-2)9(15-3)10(16-4)11(17-7)18-6-12/h7-11H,5-6H2,1-4H3/t7-,8+,9+,10-,11+/m1/s1. The molecule has 0 saturated carbocycles. The highest BCUT2D eigenvalue weighted by molar-refractivity contribution is 8.00. The Morgan fingerprint density at radius 1 is 1.00 bits per heavy atom. The zero-order valence-electron chi connectivity index (χ0n) is 11.1. The number of rotatable bonds is 7. The second-order valence-electron chi connectivity index (χ2n) is 3.87. The average Bonchev–Trinajstić information content (AvgIpc) is 2.38. The van der Waals surface area contributed by atoms with E-state index in [1.807, 2.05) is 0 Å². The molecule has 0 spiro atoms. The zero-order valence-corrected chi connectivity index (χ0v) is 12.7. The summed E-state index contributed by atoms with van der Waals surface area (Å²) < 4.78 is 27.5. The van der Waals surface area contributed by atoms with Gasteiger partial charge in [0.1, 0.15) is 29.9 Å². The van der Waals surface area contributed by atoms with E-state index in [9.17, 15) is 0 Å². The minimum absolute atomic E-state index is 0.191. The molecular weight excluding hydrogens is 280 g/mol. The first-order valence-corrected chi connectivity index (χ1v) is 7.22. The van der Waals surface area contributed by atoms with Crippen molar-refractivity contribution in [3.63, 3.8) is 0 Å². The van der Waals surface area contributed by atoms with Crippen molar-refractivity contribution >= 4 is 23.4 Å². The fourth-order valence-corrected chi connectivity index (χ4v) is 3.35. The molecule has 1 aliphatic heterocycles. The molecule has 7 heteroatoms. The summed E-state index contributed by atoms with van der Waals surface area (Å²) in [5.41, 5.74) is -0.191. The molecule has 1 aliphatic rings. The Morgan fingerprint density at radius 2 is 1.61 bits per heavy atom. The Balaban J connectivity index is 2.84. The minimum Gasteiger partial charge on any atom is -0.382 e. The molecule has 0 aromatic rings. The molecule has 5 atom stereocenters. The highest BCUT2D eigenvalue weighted by atomic mass is 35.5. The van der Waals surface area contributed by atoms with Crippen LogP contribution in [0.15, 0.2) is 0 Å². The molecule has 5 nitrogen and oxygen atoms in total. The molecule has 0 unspecified atom stereocenters. The largest absolute Gasteiger partial charge is 0.382 e. The summed E-state index contributed by atoms with van der Waals surface area (Å²) >= 11 is 7.24. The third-order valence-electron chi connectivity index (χ3n) is 2.97. The number of thioether (sulfide) groups is 1. The van der Waals surface area contributed by atoms with Crippen LogP contribution >= 0.6 is 23.4 Å². The second-order valence-corrected chi connectivity index (χ2v) is 5.55. The Kier molecular flexibility index (Phi) is 7.86. The third kappa shape index (κ3) is 3.72. The van der Waals surface area contributed by atoms with Crippen molar-refractivity contribution in [3.8, 4) is 0 Å². The Labute approximate surface area is 117 Å². The second kappa shape index (κ2) is 8.58. The fraction of sp³-hybridized carbons (Fsp3) is 1.00. The SMILES string of the molecule is COC[C@H]1O[C@@H](SCCl)[C@H](OC)[C@@H](OC)[C@H]1OC. The predicted octanol–water partition coefficient (Wildman–Crippen LogP) is 1.33. The van der Waals surface area contributed by atoms with E-state index in [0.29, 0.717) is 11.8 Å². The maximum Gasteiger partial charge on any atom is 0.133 e. The predicted molar refractivity (Wildman–Crippen MR) is 71.2 cm³/mol. The Hall–Kier alpha value is 0.440. The normalized spacial score (nSPS) is 36.8. The molecule has 108 valence electrons. The first-order chi connectivity index (χ1) is 8.73. The summed E-state index contributed by atoms with van der Waals surface area (Å²) in [6, 6.07) is 0. The molecule has 0 aliphatic carbocycles. The van der Waals surface area contributed by atoms with E-state index < -0.39 is 0 Å².